The number of phenols is 1. The maximum Gasteiger partial charge on any atom is 0.370 e. The molecule has 1 rings (SSSR count). The average Bonchev–Trinajstić information content (AvgIpc) is 2.37. The van der Waals surface area contributed by atoms with Gasteiger partial charge in [-0.3, -0.25) is 0 Å². The van der Waals surface area contributed by atoms with Crippen molar-refractivity contribution >= 4 is 12.0 Å². The molecule has 0 aromatic heterocycles. The van der Waals surface area contributed by atoms with Gasteiger partial charge in [0.2, 0.25) is 0 Å². The molecule has 1 aromatic rings. The molecule has 0 fully saturated rings. The van der Waals surface area contributed by atoms with Crippen LogP contribution in [-0.4, -0.2) is 39.6 Å². The van der Waals surface area contributed by atoms with Gasteiger partial charge >= 0.3 is 5.97 Å². The normalized spacial score (nSPS) is 13.5. The zero-order valence-corrected chi connectivity index (χ0v) is 10.1. The Bertz CT molecular complexity index is 518. The van der Waals surface area contributed by atoms with Crippen LogP contribution in [0.25, 0.3) is 6.08 Å². The Balaban J connectivity index is 2.82. The number of benzene rings is 1. The highest BCUT2D eigenvalue weighted by molar-refractivity contribution is 5.83. The van der Waals surface area contributed by atoms with Crippen LogP contribution in [-0.2, 0) is 4.79 Å². The van der Waals surface area contributed by atoms with Gasteiger partial charge in [-0.1, -0.05) is 18.2 Å². The number of carbonyl (C=O) groups is 1. The number of phenolic OH excluding ortho intramolecular Hbond substituents is 1. The van der Waals surface area contributed by atoms with Gasteiger partial charge in [0.05, 0.1) is 13.2 Å². The standard InChI is InChI=1S/C13H14O6/c1-19-12-6-8(3-5-10(12)15)2-4-9(14)7-11(16)13(17)18/h2-7,9,14-16H,1H3,(H,17,18)/b4-2+,11-7+. The van der Waals surface area contributed by atoms with Crippen LogP contribution in [0.1, 0.15) is 5.56 Å². The zero-order valence-electron chi connectivity index (χ0n) is 10.1. The lowest BCUT2D eigenvalue weighted by molar-refractivity contribution is -0.135. The predicted octanol–water partition coefficient (Wildman–Crippen LogP) is 1.30. The Labute approximate surface area is 109 Å². The summed E-state index contributed by atoms with van der Waals surface area (Å²) in [4.78, 5) is 10.3. The van der Waals surface area contributed by atoms with Gasteiger partial charge in [0.15, 0.2) is 17.3 Å². The van der Waals surface area contributed by atoms with E-state index in [1.807, 2.05) is 0 Å². The second kappa shape index (κ2) is 6.46. The fraction of sp³-hybridized carbons (Fsp3) is 0.154. The second-order valence-corrected chi connectivity index (χ2v) is 3.64. The lowest BCUT2D eigenvalue weighted by atomic mass is 10.1. The van der Waals surface area contributed by atoms with Crippen LogP contribution in [0.15, 0.2) is 36.1 Å². The van der Waals surface area contributed by atoms with Crippen LogP contribution in [0.2, 0.25) is 0 Å². The summed E-state index contributed by atoms with van der Waals surface area (Å²) in [5.41, 5.74) is 0.636. The van der Waals surface area contributed by atoms with Crippen molar-refractivity contribution < 1.29 is 30.0 Å². The second-order valence-electron chi connectivity index (χ2n) is 3.64. The van der Waals surface area contributed by atoms with Crippen molar-refractivity contribution in [2.75, 3.05) is 7.11 Å². The number of aliphatic carboxylic acids is 1. The molecule has 0 spiro atoms. The van der Waals surface area contributed by atoms with Crippen LogP contribution >= 0.6 is 0 Å². The van der Waals surface area contributed by atoms with E-state index in [0.29, 0.717) is 5.56 Å². The lowest BCUT2D eigenvalue weighted by Gasteiger charge is -2.04. The number of hydrogen-bond donors (Lipinski definition) is 4. The molecule has 0 radical (unpaired) electrons. The molecule has 0 amide bonds. The molecular formula is C13H14O6. The first-order chi connectivity index (χ1) is 8.93. The van der Waals surface area contributed by atoms with Crippen molar-refractivity contribution in [3.63, 3.8) is 0 Å². The molecular weight excluding hydrogens is 252 g/mol. The van der Waals surface area contributed by atoms with Crippen LogP contribution in [0.3, 0.4) is 0 Å². The number of methoxy groups -OCH3 is 1. The van der Waals surface area contributed by atoms with Crippen molar-refractivity contribution in [2.24, 2.45) is 0 Å². The Hall–Kier alpha value is -2.47. The number of aliphatic hydroxyl groups excluding tert-OH is 2. The average molecular weight is 266 g/mol. The molecule has 0 aliphatic heterocycles. The van der Waals surface area contributed by atoms with Crippen LogP contribution in [0.4, 0.5) is 0 Å². The molecule has 1 atom stereocenters. The van der Waals surface area contributed by atoms with Crippen LogP contribution in [0, 0.1) is 0 Å². The fourth-order valence-electron chi connectivity index (χ4n) is 1.30. The van der Waals surface area contributed by atoms with Crippen LogP contribution < -0.4 is 4.74 Å². The molecule has 102 valence electrons. The number of aliphatic hydroxyl groups is 2. The summed E-state index contributed by atoms with van der Waals surface area (Å²) in [5, 5.41) is 36.2. The maximum atomic E-state index is 10.3. The third kappa shape index (κ3) is 4.36. The first kappa shape index (κ1) is 14.6. The summed E-state index contributed by atoms with van der Waals surface area (Å²) in [6.45, 7) is 0. The first-order valence-corrected chi connectivity index (χ1v) is 5.31. The molecule has 0 saturated carbocycles. The van der Waals surface area contributed by atoms with Crippen molar-refractivity contribution in [1.82, 2.24) is 0 Å². The van der Waals surface area contributed by atoms with Gasteiger partial charge < -0.3 is 25.2 Å². The molecule has 1 aromatic carbocycles. The van der Waals surface area contributed by atoms with E-state index in [1.165, 1.54) is 25.3 Å². The number of rotatable bonds is 5. The predicted molar refractivity (Wildman–Crippen MR) is 68.0 cm³/mol. The van der Waals surface area contributed by atoms with Crippen molar-refractivity contribution in [3.8, 4) is 11.5 Å². The minimum atomic E-state index is -1.52. The van der Waals surface area contributed by atoms with E-state index in [-0.39, 0.29) is 11.5 Å². The number of aromatic hydroxyl groups is 1. The smallest absolute Gasteiger partial charge is 0.370 e. The van der Waals surface area contributed by atoms with Gasteiger partial charge in [0.1, 0.15) is 0 Å². The van der Waals surface area contributed by atoms with Crippen molar-refractivity contribution in [3.05, 3.63) is 41.7 Å². The molecule has 1 unspecified atom stereocenters. The van der Waals surface area contributed by atoms with Crippen molar-refractivity contribution in [2.45, 2.75) is 6.10 Å². The van der Waals surface area contributed by atoms with Gasteiger partial charge in [-0.05, 0) is 23.8 Å². The Kier molecular flexibility index (Phi) is 4.96. The number of ether oxygens (including phenoxy) is 1. The highest BCUT2D eigenvalue weighted by atomic mass is 16.5. The van der Waals surface area contributed by atoms with E-state index < -0.39 is 17.8 Å². The number of carboxylic acid groups (broad SMARTS) is 1. The van der Waals surface area contributed by atoms with Gasteiger partial charge in [0.25, 0.3) is 0 Å². The maximum absolute atomic E-state index is 10.3. The fourth-order valence-corrected chi connectivity index (χ4v) is 1.30. The van der Waals surface area contributed by atoms with E-state index in [9.17, 15) is 15.0 Å². The van der Waals surface area contributed by atoms with E-state index in [1.54, 1.807) is 12.1 Å². The Morgan fingerprint density at radius 2 is 2.05 bits per heavy atom. The van der Waals surface area contributed by atoms with Crippen LogP contribution in [0.5, 0.6) is 11.5 Å². The largest absolute Gasteiger partial charge is 0.504 e. The monoisotopic (exact) mass is 266 g/mol. The summed E-state index contributed by atoms with van der Waals surface area (Å²) in [6.07, 6.45) is 2.33. The summed E-state index contributed by atoms with van der Waals surface area (Å²) >= 11 is 0. The Morgan fingerprint density at radius 3 is 2.63 bits per heavy atom. The van der Waals surface area contributed by atoms with Gasteiger partial charge in [-0.25, -0.2) is 4.79 Å². The quantitative estimate of drug-likeness (QED) is 0.472. The van der Waals surface area contributed by atoms with E-state index >= 15 is 0 Å². The van der Waals surface area contributed by atoms with E-state index in [4.69, 9.17) is 14.9 Å². The molecule has 0 heterocycles. The summed E-state index contributed by atoms with van der Waals surface area (Å²) in [5.74, 6) is -2.18. The van der Waals surface area contributed by atoms with Gasteiger partial charge in [0, 0.05) is 0 Å². The van der Waals surface area contributed by atoms with Gasteiger partial charge in [-0.2, -0.15) is 0 Å². The molecule has 19 heavy (non-hydrogen) atoms. The molecule has 0 saturated heterocycles. The minimum Gasteiger partial charge on any atom is -0.504 e. The van der Waals surface area contributed by atoms with Gasteiger partial charge in [-0.15, -0.1) is 0 Å². The topological polar surface area (TPSA) is 107 Å². The molecule has 0 aliphatic rings. The van der Waals surface area contributed by atoms with Crippen molar-refractivity contribution in [1.29, 1.82) is 0 Å². The summed E-state index contributed by atoms with van der Waals surface area (Å²) < 4.78 is 4.91. The molecule has 0 aliphatic carbocycles. The molecule has 6 nitrogen and oxygen atoms in total. The number of carboxylic acids is 1. The van der Waals surface area contributed by atoms with E-state index in [2.05, 4.69) is 0 Å². The summed E-state index contributed by atoms with van der Waals surface area (Å²) in [7, 11) is 1.41. The molecule has 0 bridgehead atoms. The highest BCUT2D eigenvalue weighted by Gasteiger charge is 2.06. The minimum absolute atomic E-state index is 0.0105. The SMILES string of the molecule is COc1cc(/C=C/C(O)/C=C(/O)C(=O)O)ccc1O. The van der Waals surface area contributed by atoms with E-state index in [0.717, 1.165) is 6.08 Å². The molecule has 6 heteroatoms. The third-order valence-electron chi connectivity index (χ3n) is 2.24. The Morgan fingerprint density at radius 1 is 1.37 bits per heavy atom. The lowest BCUT2D eigenvalue weighted by Crippen LogP contribution is -2.05. The summed E-state index contributed by atoms with van der Waals surface area (Å²) in [6, 6.07) is 4.55. The zero-order chi connectivity index (χ0) is 14.4. The number of hydrogen-bond acceptors (Lipinski definition) is 5. The highest BCUT2D eigenvalue weighted by Crippen LogP contribution is 2.26. The first-order valence-electron chi connectivity index (χ1n) is 5.31. The molecule has 4 N–H and O–H groups in total. The third-order valence-corrected chi connectivity index (χ3v) is 2.24.